The third-order valence-electron chi connectivity index (χ3n) is 4.88. The van der Waals surface area contributed by atoms with Crippen LogP contribution in [0.15, 0.2) is 9.85 Å². The quantitative estimate of drug-likeness (QED) is 0.714. The molecular formula is C15H21BrClNS. The highest BCUT2D eigenvalue weighted by atomic mass is 79.9. The molecule has 1 aromatic heterocycles. The zero-order valence-electron chi connectivity index (χ0n) is 11.3. The minimum absolute atomic E-state index is 0.489. The lowest BCUT2D eigenvalue weighted by molar-refractivity contribution is 0.282. The summed E-state index contributed by atoms with van der Waals surface area (Å²) in [5, 5.41) is 4.51. The Hall–Kier alpha value is 0.430. The molecule has 106 valence electrons. The van der Waals surface area contributed by atoms with Gasteiger partial charge in [0, 0.05) is 10.9 Å². The van der Waals surface area contributed by atoms with Crippen LogP contribution in [0.5, 0.6) is 0 Å². The van der Waals surface area contributed by atoms with E-state index >= 15 is 0 Å². The lowest BCUT2D eigenvalue weighted by atomic mass is 9.84. The topological polar surface area (TPSA) is 12.0 Å². The van der Waals surface area contributed by atoms with E-state index in [0.717, 1.165) is 33.1 Å². The van der Waals surface area contributed by atoms with Crippen molar-refractivity contribution in [2.24, 2.45) is 17.8 Å². The Morgan fingerprint density at radius 3 is 2.84 bits per heavy atom. The normalized spacial score (nSPS) is 31.0. The van der Waals surface area contributed by atoms with Crippen LogP contribution in [0.1, 0.15) is 49.9 Å². The van der Waals surface area contributed by atoms with E-state index in [2.05, 4.69) is 34.2 Å². The van der Waals surface area contributed by atoms with Gasteiger partial charge in [0.15, 0.2) is 0 Å². The molecule has 1 aromatic rings. The Bertz CT molecular complexity index is 428. The minimum Gasteiger partial charge on any atom is -0.310 e. The fourth-order valence-electron chi connectivity index (χ4n) is 4.05. The van der Waals surface area contributed by atoms with Gasteiger partial charge >= 0.3 is 0 Å². The molecule has 1 nitrogen and oxygen atoms in total. The van der Waals surface area contributed by atoms with E-state index in [-0.39, 0.29) is 0 Å². The second-order valence-electron chi connectivity index (χ2n) is 6.05. The van der Waals surface area contributed by atoms with Gasteiger partial charge in [-0.25, -0.2) is 0 Å². The molecule has 0 amide bonds. The first-order valence-electron chi connectivity index (χ1n) is 7.35. The second-order valence-corrected chi connectivity index (χ2v) is 8.86. The van der Waals surface area contributed by atoms with Crippen LogP contribution >= 0.6 is 38.9 Å². The Morgan fingerprint density at radius 1 is 1.47 bits per heavy atom. The highest BCUT2D eigenvalue weighted by molar-refractivity contribution is 9.11. The third-order valence-corrected chi connectivity index (χ3v) is 7.47. The van der Waals surface area contributed by atoms with Gasteiger partial charge in [-0.1, -0.05) is 24.9 Å². The van der Waals surface area contributed by atoms with Crippen molar-refractivity contribution in [2.45, 2.75) is 45.1 Å². The molecule has 2 aliphatic rings. The Balaban J connectivity index is 1.70. The summed E-state index contributed by atoms with van der Waals surface area (Å²) in [5.41, 5.74) is 0. The van der Waals surface area contributed by atoms with Gasteiger partial charge in [-0.2, -0.15) is 0 Å². The van der Waals surface area contributed by atoms with Crippen molar-refractivity contribution < 1.29 is 0 Å². The van der Waals surface area contributed by atoms with E-state index in [4.69, 9.17) is 11.6 Å². The van der Waals surface area contributed by atoms with Gasteiger partial charge in [0.05, 0.1) is 8.81 Å². The average Bonchev–Trinajstić information content (AvgIpc) is 3.06. The number of hydrogen-bond acceptors (Lipinski definition) is 2. The van der Waals surface area contributed by atoms with Crippen molar-refractivity contribution in [3.05, 3.63) is 19.8 Å². The maximum absolute atomic E-state index is 6.19. The van der Waals surface area contributed by atoms with E-state index in [1.165, 1.54) is 37.0 Å². The number of fused-ring (bicyclic) bond motifs is 2. The van der Waals surface area contributed by atoms with Crippen LogP contribution < -0.4 is 5.32 Å². The lowest BCUT2D eigenvalue weighted by Gasteiger charge is -2.26. The van der Waals surface area contributed by atoms with Gasteiger partial charge in [0.2, 0.25) is 0 Å². The molecular weight excluding hydrogens is 342 g/mol. The molecule has 1 N–H and O–H groups in total. The van der Waals surface area contributed by atoms with E-state index in [1.54, 1.807) is 11.3 Å². The highest BCUT2D eigenvalue weighted by Crippen LogP contribution is 2.51. The van der Waals surface area contributed by atoms with Crippen LogP contribution in [0.25, 0.3) is 0 Å². The Kier molecular flexibility index (Phi) is 4.57. The van der Waals surface area contributed by atoms with Gasteiger partial charge < -0.3 is 5.32 Å². The highest BCUT2D eigenvalue weighted by Gasteiger charge is 2.40. The molecule has 2 aliphatic carbocycles. The van der Waals surface area contributed by atoms with Crippen LogP contribution in [0.2, 0.25) is 5.02 Å². The first kappa shape index (κ1) is 14.4. The predicted molar refractivity (Wildman–Crippen MR) is 87.0 cm³/mol. The van der Waals surface area contributed by atoms with Crippen LogP contribution in [0.3, 0.4) is 0 Å². The maximum Gasteiger partial charge on any atom is 0.0887 e. The minimum atomic E-state index is 0.489. The summed E-state index contributed by atoms with van der Waals surface area (Å²) in [7, 11) is 0. The second kappa shape index (κ2) is 6.05. The van der Waals surface area contributed by atoms with Crippen molar-refractivity contribution in [1.82, 2.24) is 5.32 Å². The van der Waals surface area contributed by atoms with Gasteiger partial charge in [0.1, 0.15) is 0 Å². The molecule has 0 aromatic carbocycles. The number of halogens is 2. The van der Waals surface area contributed by atoms with Crippen molar-refractivity contribution in [2.75, 3.05) is 6.54 Å². The molecule has 4 atom stereocenters. The molecule has 0 saturated heterocycles. The first-order chi connectivity index (χ1) is 9.17. The zero-order chi connectivity index (χ0) is 13.4. The molecule has 3 rings (SSSR count). The predicted octanol–water partition coefficient (Wildman–Crippen LogP) is 5.64. The monoisotopic (exact) mass is 361 g/mol. The molecule has 19 heavy (non-hydrogen) atoms. The first-order valence-corrected chi connectivity index (χ1v) is 9.34. The molecule has 1 heterocycles. The van der Waals surface area contributed by atoms with Crippen molar-refractivity contribution in [3.8, 4) is 0 Å². The van der Waals surface area contributed by atoms with Crippen LogP contribution in [-0.4, -0.2) is 6.54 Å². The largest absolute Gasteiger partial charge is 0.310 e. The maximum atomic E-state index is 6.19. The van der Waals surface area contributed by atoms with Gasteiger partial charge in [-0.15, -0.1) is 11.3 Å². The van der Waals surface area contributed by atoms with E-state index in [1.807, 2.05) is 0 Å². The zero-order valence-corrected chi connectivity index (χ0v) is 14.5. The summed E-state index contributed by atoms with van der Waals surface area (Å²) < 4.78 is 1.07. The van der Waals surface area contributed by atoms with Crippen LogP contribution in [0, 0.1) is 17.8 Å². The van der Waals surface area contributed by atoms with Crippen LogP contribution in [-0.2, 0) is 0 Å². The van der Waals surface area contributed by atoms with Crippen molar-refractivity contribution in [3.63, 3.8) is 0 Å². The number of rotatable bonds is 5. The summed E-state index contributed by atoms with van der Waals surface area (Å²) in [6.07, 6.45) is 7.22. The molecule has 0 spiro atoms. The average molecular weight is 363 g/mol. The number of nitrogens with one attached hydrogen (secondary N) is 1. The fourth-order valence-corrected chi connectivity index (χ4v) is 5.88. The van der Waals surface area contributed by atoms with Crippen LogP contribution in [0.4, 0.5) is 0 Å². The van der Waals surface area contributed by atoms with E-state index < -0.39 is 0 Å². The summed E-state index contributed by atoms with van der Waals surface area (Å²) in [6, 6.07) is 2.62. The smallest absolute Gasteiger partial charge is 0.0887 e. The van der Waals surface area contributed by atoms with Crippen molar-refractivity contribution >= 4 is 38.9 Å². The van der Waals surface area contributed by atoms with E-state index in [0.29, 0.717) is 6.04 Å². The SMILES string of the molecule is CCNC(CC1CC2CCC1C2)c1cc(Cl)c(Br)s1. The summed E-state index contributed by atoms with van der Waals surface area (Å²) >= 11 is 11.5. The molecule has 0 radical (unpaired) electrons. The van der Waals surface area contributed by atoms with Gasteiger partial charge in [0.25, 0.3) is 0 Å². The molecule has 2 fully saturated rings. The van der Waals surface area contributed by atoms with E-state index in [9.17, 15) is 0 Å². The van der Waals surface area contributed by atoms with Crippen molar-refractivity contribution in [1.29, 1.82) is 0 Å². The lowest BCUT2D eigenvalue weighted by Crippen LogP contribution is -2.24. The molecule has 4 unspecified atom stereocenters. The molecule has 0 aliphatic heterocycles. The fraction of sp³-hybridized carbons (Fsp3) is 0.733. The number of hydrogen-bond donors (Lipinski definition) is 1. The summed E-state index contributed by atoms with van der Waals surface area (Å²) in [5.74, 6) is 2.98. The standard InChI is InChI=1S/C15H21BrClNS/c1-2-18-13(14-8-12(17)15(16)19-14)7-11-6-9-3-4-10(11)5-9/h8-11,13,18H,2-7H2,1H3. The Labute approximate surface area is 133 Å². The Morgan fingerprint density at radius 2 is 2.32 bits per heavy atom. The van der Waals surface area contributed by atoms with Gasteiger partial charge in [-0.3, -0.25) is 0 Å². The molecule has 4 heteroatoms. The third kappa shape index (κ3) is 3.04. The summed E-state index contributed by atoms with van der Waals surface area (Å²) in [6.45, 7) is 3.22. The number of thiophene rings is 1. The molecule has 2 saturated carbocycles. The molecule has 2 bridgehead atoms. The summed E-state index contributed by atoms with van der Waals surface area (Å²) in [4.78, 5) is 1.39. The van der Waals surface area contributed by atoms with Gasteiger partial charge in [-0.05, 0) is 72.0 Å².